The summed E-state index contributed by atoms with van der Waals surface area (Å²) in [6.07, 6.45) is 7.59. The van der Waals surface area contributed by atoms with E-state index in [0.29, 0.717) is 63.8 Å². The normalized spacial score (nSPS) is 20.9. The smallest absolute Gasteiger partial charge is 0.335 e. The van der Waals surface area contributed by atoms with Crippen molar-refractivity contribution in [1.82, 2.24) is 20.4 Å². The zero-order valence-corrected chi connectivity index (χ0v) is 27.4. The lowest BCUT2D eigenvalue weighted by atomic mass is 9.77. The van der Waals surface area contributed by atoms with E-state index in [1.807, 2.05) is 29.2 Å². The van der Waals surface area contributed by atoms with Crippen LogP contribution in [-0.2, 0) is 22.7 Å². The lowest BCUT2D eigenvalue weighted by Crippen LogP contribution is -2.73. The molecule has 250 valence electrons. The van der Waals surface area contributed by atoms with Gasteiger partial charge in [0.1, 0.15) is 11.6 Å². The van der Waals surface area contributed by atoms with Crippen LogP contribution in [-0.4, -0.2) is 80.5 Å². The molecule has 1 aliphatic carbocycles. The van der Waals surface area contributed by atoms with Crippen molar-refractivity contribution in [2.75, 3.05) is 19.6 Å². The average molecular weight is 655 g/mol. The number of nitrogens with one attached hydrogen (secondary N) is 2. The fourth-order valence-electron chi connectivity index (χ4n) is 7.10. The number of rotatable bonds is 11. The largest absolute Gasteiger partial charge is 0.478 e. The number of carbonyl (C=O) groups excluding carboxylic acids is 3. The summed E-state index contributed by atoms with van der Waals surface area (Å²) in [5.74, 6) is -1.43. The molecule has 4 N–H and O–H groups in total. The number of piperidine rings is 1. The quantitative estimate of drug-likeness (QED) is 0.284. The van der Waals surface area contributed by atoms with Gasteiger partial charge in [-0.3, -0.25) is 19.3 Å². The number of hydrogen-bond donors (Lipinski definition) is 4. The molecule has 2 heterocycles. The number of carboxylic acids is 1. The number of carbonyl (C=O) groups is 4. The number of carboxylic acid groups (broad SMARTS) is 1. The van der Waals surface area contributed by atoms with Crippen molar-refractivity contribution in [3.8, 4) is 0 Å². The van der Waals surface area contributed by atoms with Crippen molar-refractivity contribution < 1.29 is 29.4 Å². The molecule has 3 aliphatic rings. The minimum atomic E-state index is -1.03. The van der Waals surface area contributed by atoms with Gasteiger partial charge in [-0.25, -0.2) is 4.79 Å². The number of amides is 3. The van der Waals surface area contributed by atoms with Crippen molar-refractivity contribution in [3.05, 3.63) is 70.8 Å². The Morgan fingerprint density at radius 1 is 0.913 bits per heavy atom. The Morgan fingerprint density at radius 3 is 2.13 bits per heavy atom. The Labute approximate surface area is 277 Å². The van der Waals surface area contributed by atoms with Gasteiger partial charge in [0.25, 0.3) is 5.91 Å². The summed E-state index contributed by atoms with van der Waals surface area (Å²) in [5.41, 5.74) is 0.881. The molecule has 5 rings (SSSR count). The first-order chi connectivity index (χ1) is 21.6. The maximum atomic E-state index is 13.8. The zero-order chi connectivity index (χ0) is 32.0. The predicted molar refractivity (Wildman–Crippen MR) is 177 cm³/mol. The molecule has 1 saturated carbocycles. The summed E-state index contributed by atoms with van der Waals surface area (Å²) < 4.78 is 0. The molecule has 0 unspecified atom stereocenters. The molecule has 10 nitrogen and oxygen atoms in total. The first kappa shape index (κ1) is 35.4. The Bertz CT molecular complexity index is 1370. The van der Waals surface area contributed by atoms with E-state index in [1.54, 1.807) is 0 Å². The highest BCUT2D eigenvalue weighted by Crippen LogP contribution is 2.37. The van der Waals surface area contributed by atoms with E-state index >= 15 is 0 Å². The number of aromatic carboxylic acids is 1. The molecule has 2 aromatic rings. The number of nitrogens with zero attached hydrogens (tertiary/aromatic N) is 2. The molecule has 1 atom stereocenters. The van der Waals surface area contributed by atoms with Gasteiger partial charge in [-0.05, 0) is 67.5 Å². The standard InChI is InChI=1S/C35H46N4O6.ClH/c1-2-3-19-39-31(41)29(22-34(45)15-5-4-6-16-34)37-33(44)35(39)17-20-38(21-18-35)24-26-9-7-25(8-10-26)23-36-30(40)27-11-13-28(14-12-27)32(42)43;/h7-14,29,45H,2-6,15-24H2,1H3,(H,36,40)(H,37,44)(H,42,43);1H/t29-;/m1./s1. The summed E-state index contributed by atoms with van der Waals surface area (Å²) in [6, 6.07) is 13.2. The minimum absolute atomic E-state index is 0. The van der Waals surface area contributed by atoms with Crippen LogP contribution < -0.4 is 10.6 Å². The van der Waals surface area contributed by atoms with Gasteiger partial charge in [0.2, 0.25) is 11.8 Å². The number of likely N-dealkylation sites (tertiary alicyclic amines) is 1. The Kier molecular flexibility index (Phi) is 11.9. The van der Waals surface area contributed by atoms with Crippen molar-refractivity contribution in [3.63, 3.8) is 0 Å². The third-order valence-electron chi connectivity index (χ3n) is 9.87. The van der Waals surface area contributed by atoms with E-state index < -0.39 is 23.2 Å². The number of piperazine rings is 1. The molecule has 3 fully saturated rings. The maximum Gasteiger partial charge on any atom is 0.335 e. The third-order valence-corrected chi connectivity index (χ3v) is 9.87. The summed E-state index contributed by atoms with van der Waals surface area (Å²) >= 11 is 0. The molecular formula is C35H47ClN4O6. The second kappa shape index (κ2) is 15.4. The Balaban J connectivity index is 0.00000480. The lowest BCUT2D eigenvalue weighted by Gasteiger charge is -2.52. The van der Waals surface area contributed by atoms with Crippen LogP contribution in [0.1, 0.15) is 103 Å². The number of benzene rings is 2. The molecule has 0 radical (unpaired) electrons. The van der Waals surface area contributed by atoms with Crippen molar-refractivity contribution in [2.24, 2.45) is 0 Å². The summed E-state index contributed by atoms with van der Waals surface area (Å²) in [7, 11) is 0. The van der Waals surface area contributed by atoms with Gasteiger partial charge in [0, 0.05) is 44.7 Å². The predicted octanol–water partition coefficient (Wildman–Crippen LogP) is 4.28. The first-order valence-electron chi connectivity index (χ1n) is 16.4. The third kappa shape index (κ3) is 8.08. The molecular weight excluding hydrogens is 608 g/mol. The average Bonchev–Trinajstić information content (AvgIpc) is 3.04. The highest BCUT2D eigenvalue weighted by atomic mass is 35.5. The van der Waals surface area contributed by atoms with Crippen LogP contribution in [0.5, 0.6) is 0 Å². The second-order valence-corrected chi connectivity index (χ2v) is 13.0. The number of halogens is 1. The molecule has 3 amide bonds. The molecule has 11 heteroatoms. The molecule has 0 bridgehead atoms. The van der Waals surface area contributed by atoms with Gasteiger partial charge in [-0.2, -0.15) is 0 Å². The Morgan fingerprint density at radius 2 is 1.52 bits per heavy atom. The SMILES string of the molecule is CCCCN1C(=O)[C@@H](CC2(O)CCCCC2)NC(=O)C12CCN(Cc1ccc(CNC(=O)c3ccc(C(=O)O)cc3)cc1)CC2.Cl. The van der Waals surface area contributed by atoms with Gasteiger partial charge >= 0.3 is 5.97 Å². The van der Waals surface area contributed by atoms with E-state index in [1.165, 1.54) is 24.3 Å². The van der Waals surface area contributed by atoms with Crippen LogP contribution in [0.3, 0.4) is 0 Å². The van der Waals surface area contributed by atoms with Gasteiger partial charge < -0.3 is 25.7 Å². The Hall–Kier alpha value is -3.47. The van der Waals surface area contributed by atoms with E-state index in [9.17, 15) is 24.3 Å². The van der Waals surface area contributed by atoms with Crippen LogP contribution >= 0.6 is 12.4 Å². The zero-order valence-electron chi connectivity index (χ0n) is 26.6. The van der Waals surface area contributed by atoms with E-state index in [-0.39, 0.29) is 35.7 Å². The number of hydrogen-bond acceptors (Lipinski definition) is 6. The minimum Gasteiger partial charge on any atom is -0.478 e. The number of aliphatic hydroxyl groups is 1. The summed E-state index contributed by atoms with van der Waals surface area (Å²) in [6.45, 7) is 5.10. The molecule has 1 spiro atoms. The fourth-order valence-corrected chi connectivity index (χ4v) is 7.10. The summed E-state index contributed by atoms with van der Waals surface area (Å²) in [5, 5.41) is 26.1. The van der Waals surface area contributed by atoms with Gasteiger partial charge in [0.05, 0.1) is 11.2 Å². The van der Waals surface area contributed by atoms with Crippen molar-refractivity contribution >= 4 is 36.1 Å². The van der Waals surface area contributed by atoms with Crippen LogP contribution in [0.25, 0.3) is 0 Å². The first-order valence-corrected chi connectivity index (χ1v) is 16.4. The second-order valence-electron chi connectivity index (χ2n) is 13.0. The van der Waals surface area contributed by atoms with Crippen LogP contribution in [0.2, 0.25) is 0 Å². The monoisotopic (exact) mass is 654 g/mol. The highest BCUT2D eigenvalue weighted by Gasteiger charge is 2.54. The van der Waals surface area contributed by atoms with E-state index in [4.69, 9.17) is 5.11 Å². The molecule has 2 saturated heterocycles. The van der Waals surface area contributed by atoms with Crippen molar-refractivity contribution in [1.29, 1.82) is 0 Å². The van der Waals surface area contributed by atoms with Crippen LogP contribution in [0.4, 0.5) is 0 Å². The van der Waals surface area contributed by atoms with Gasteiger partial charge in [0.15, 0.2) is 0 Å². The van der Waals surface area contributed by atoms with Crippen LogP contribution in [0.15, 0.2) is 48.5 Å². The molecule has 46 heavy (non-hydrogen) atoms. The lowest BCUT2D eigenvalue weighted by molar-refractivity contribution is -0.163. The topological polar surface area (TPSA) is 139 Å². The van der Waals surface area contributed by atoms with Gasteiger partial charge in [-0.15, -0.1) is 12.4 Å². The highest BCUT2D eigenvalue weighted by molar-refractivity contribution is 6.00. The fraction of sp³-hybridized carbons (Fsp3) is 0.543. The molecule has 2 aromatic carbocycles. The maximum absolute atomic E-state index is 13.8. The van der Waals surface area contributed by atoms with E-state index in [2.05, 4.69) is 22.5 Å². The summed E-state index contributed by atoms with van der Waals surface area (Å²) in [4.78, 5) is 55.2. The molecule has 0 aromatic heterocycles. The van der Waals surface area contributed by atoms with Gasteiger partial charge in [-0.1, -0.05) is 56.9 Å². The number of unbranched alkanes of at least 4 members (excludes halogenated alkanes) is 1. The van der Waals surface area contributed by atoms with Crippen LogP contribution in [0, 0.1) is 0 Å². The van der Waals surface area contributed by atoms with E-state index in [0.717, 1.165) is 49.8 Å². The molecule has 2 aliphatic heterocycles. The van der Waals surface area contributed by atoms with Crippen molar-refractivity contribution in [2.45, 2.75) is 101 Å².